The molecule has 0 aliphatic heterocycles. The van der Waals surface area contributed by atoms with E-state index in [-0.39, 0.29) is 0 Å². The first kappa shape index (κ1) is 10.8. The number of hydrogen-bond donors (Lipinski definition) is 0. The van der Waals surface area contributed by atoms with Crippen molar-refractivity contribution in [3.05, 3.63) is 53.4 Å². The molecular formula is C14H7ClN2O. The van der Waals surface area contributed by atoms with E-state index in [0.29, 0.717) is 16.2 Å². The summed E-state index contributed by atoms with van der Waals surface area (Å²) in [7, 11) is 0. The van der Waals surface area contributed by atoms with Crippen LogP contribution in [0, 0.1) is 11.3 Å². The predicted molar refractivity (Wildman–Crippen MR) is 69.2 cm³/mol. The molecule has 2 heterocycles. The minimum Gasteiger partial charge on any atom is -0.462 e. The molecule has 0 spiro atoms. The molecule has 0 saturated carbocycles. The highest BCUT2D eigenvalue weighted by atomic mass is 35.5. The van der Waals surface area contributed by atoms with Crippen molar-refractivity contribution in [2.75, 3.05) is 0 Å². The maximum Gasteiger partial charge on any atom is 0.154 e. The SMILES string of the molecule is N#Cc1cccc(-c2coc3cc(Cl)cnc23)c1. The van der Waals surface area contributed by atoms with Gasteiger partial charge in [0.25, 0.3) is 0 Å². The number of nitriles is 1. The van der Waals surface area contributed by atoms with Crippen molar-refractivity contribution in [3.8, 4) is 17.2 Å². The van der Waals surface area contributed by atoms with E-state index in [0.717, 1.165) is 16.6 Å². The maximum atomic E-state index is 8.90. The van der Waals surface area contributed by atoms with E-state index in [4.69, 9.17) is 21.3 Å². The Morgan fingerprint density at radius 3 is 3.00 bits per heavy atom. The fourth-order valence-electron chi connectivity index (χ4n) is 1.85. The highest BCUT2D eigenvalue weighted by molar-refractivity contribution is 6.31. The molecule has 1 aromatic carbocycles. The van der Waals surface area contributed by atoms with Crippen LogP contribution >= 0.6 is 11.6 Å². The molecule has 2 aromatic heterocycles. The van der Waals surface area contributed by atoms with Crippen molar-refractivity contribution < 1.29 is 4.42 Å². The van der Waals surface area contributed by atoms with E-state index >= 15 is 0 Å². The normalized spacial score (nSPS) is 10.4. The molecule has 3 aromatic rings. The van der Waals surface area contributed by atoms with Crippen LogP contribution in [0.25, 0.3) is 22.2 Å². The van der Waals surface area contributed by atoms with Gasteiger partial charge < -0.3 is 4.42 Å². The lowest BCUT2D eigenvalue weighted by molar-refractivity contribution is 0.616. The van der Waals surface area contributed by atoms with E-state index < -0.39 is 0 Å². The lowest BCUT2D eigenvalue weighted by Crippen LogP contribution is -1.80. The first-order valence-corrected chi connectivity index (χ1v) is 5.69. The van der Waals surface area contributed by atoms with Crippen LogP contribution in [0.2, 0.25) is 5.02 Å². The molecule has 0 N–H and O–H groups in total. The van der Waals surface area contributed by atoms with Crippen LogP contribution in [0.1, 0.15) is 5.56 Å². The molecule has 18 heavy (non-hydrogen) atoms. The molecule has 0 saturated heterocycles. The van der Waals surface area contributed by atoms with Gasteiger partial charge in [-0.2, -0.15) is 5.26 Å². The Hall–Kier alpha value is -2.31. The lowest BCUT2D eigenvalue weighted by atomic mass is 10.1. The number of aromatic nitrogens is 1. The minimum atomic E-state index is 0.536. The second-order valence-electron chi connectivity index (χ2n) is 3.84. The van der Waals surface area contributed by atoms with E-state index in [9.17, 15) is 0 Å². The van der Waals surface area contributed by atoms with Crippen LogP contribution in [0.15, 0.2) is 47.2 Å². The third-order valence-electron chi connectivity index (χ3n) is 2.68. The summed E-state index contributed by atoms with van der Waals surface area (Å²) in [4.78, 5) is 4.26. The quantitative estimate of drug-likeness (QED) is 0.659. The van der Waals surface area contributed by atoms with Crippen LogP contribution in [0.4, 0.5) is 0 Å². The zero-order valence-corrected chi connectivity index (χ0v) is 9.98. The molecule has 0 radical (unpaired) electrons. The molecule has 3 rings (SSSR count). The molecule has 3 nitrogen and oxygen atoms in total. The molecule has 0 fully saturated rings. The van der Waals surface area contributed by atoms with E-state index in [1.165, 1.54) is 0 Å². The summed E-state index contributed by atoms with van der Waals surface area (Å²) in [5.41, 5.74) is 3.76. The molecule has 0 aliphatic carbocycles. The number of hydrogen-bond acceptors (Lipinski definition) is 3. The molecule has 0 bridgehead atoms. The van der Waals surface area contributed by atoms with Crippen LogP contribution in [0.3, 0.4) is 0 Å². The Morgan fingerprint density at radius 2 is 2.17 bits per heavy atom. The number of pyridine rings is 1. The molecule has 0 unspecified atom stereocenters. The van der Waals surface area contributed by atoms with Gasteiger partial charge in [-0.15, -0.1) is 0 Å². The summed E-state index contributed by atoms with van der Waals surface area (Å²) in [6.45, 7) is 0. The summed E-state index contributed by atoms with van der Waals surface area (Å²) in [6.07, 6.45) is 3.21. The Balaban J connectivity index is 2.23. The Bertz CT molecular complexity index is 771. The predicted octanol–water partition coefficient (Wildman–Crippen LogP) is 4.02. The van der Waals surface area contributed by atoms with Gasteiger partial charge in [-0.1, -0.05) is 23.7 Å². The molecule has 86 valence electrons. The highest BCUT2D eigenvalue weighted by Crippen LogP contribution is 2.30. The average molecular weight is 255 g/mol. The fraction of sp³-hybridized carbons (Fsp3) is 0. The van der Waals surface area contributed by atoms with Crippen LogP contribution in [0.5, 0.6) is 0 Å². The zero-order valence-electron chi connectivity index (χ0n) is 9.22. The summed E-state index contributed by atoms with van der Waals surface area (Å²) >= 11 is 5.86. The number of benzene rings is 1. The molecule has 0 aliphatic rings. The zero-order chi connectivity index (χ0) is 12.5. The largest absolute Gasteiger partial charge is 0.462 e. The van der Waals surface area contributed by atoms with Crippen LogP contribution < -0.4 is 0 Å². The van der Waals surface area contributed by atoms with Gasteiger partial charge in [-0.25, -0.2) is 0 Å². The van der Waals surface area contributed by atoms with Gasteiger partial charge in [0.1, 0.15) is 11.8 Å². The van der Waals surface area contributed by atoms with Crippen LogP contribution in [-0.2, 0) is 0 Å². The fourth-order valence-corrected chi connectivity index (χ4v) is 2.00. The van der Waals surface area contributed by atoms with E-state index in [1.54, 1.807) is 30.7 Å². The van der Waals surface area contributed by atoms with Crippen LogP contribution in [-0.4, -0.2) is 4.98 Å². The number of fused-ring (bicyclic) bond motifs is 1. The summed E-state index contributed by atoms with van der Waals surface area (Å²) in [5, 5.41) is 9.44. The lowest BCUT2D eigenvalue weighted by Gasteiger charge is -1.98. The number of nitrogens with zero attached hydrogens (tertiary/aromatic N) is 2. The third-order valence-corrected chi connectivity index (χ3v) is 2.89. The van der Waals surface area contributed by atoms with Crippen molar-refractivity contribution in [2.45, 2.75) is 0 Å². The second kappa shape index (κ2) is 4.17. The average Bonchev–Trinajstić information content (AvgIpc) is 2.81. The van der Waals surface area contributed by atoms with Gasteiger partial charge >= 0.3 is 0 Å². The van der Waals surface area contributed by atoms with E-state index in [2.05, 4.69) is 11.1 Å². The van der Waals surface area contributed by atoms with Gasteiger partial charge in [0.05, 0.1) is 16.7 Å². The number of halogens is 1. The summed E-state index contributed by atoms with van der Waals surface area (Å²) in [6, 6.07) is 11.2. The Morgan fingerprint density at radius 1 is 1.28 bits per heavy atom. The smallest absolute Gasteiger partial charge is 0.154 e. The molecule has 0 atom stereocenters. The standard InChI is InChI=1S/C14H7ClN2O/c15-11-5-13-14(17-7-11)12(8-18-13)10-3-1-2-9(4-10)6-16/h1-5,7-8H. The van der Waals surface area contributed by atoms with Gasteiger partial charge in [-0.3, -0.25) is 4.98 Å². The van der Waals surface area contributed by atoms with Gasteiger partial charge in [0.15, 0.2) is 5.58 Å². The highest BCUT2D eigenvalue weighted by Gasteiger charge is 2.10. The topological polar surface area (TPSA) is 49.8 Å². The second-order valence-corrected chi connectivity index (χ2v) is 4.28. The van der Waals surface area contributed by atoms with Gasteiger partial charge in [-0.05, 0) is 17.7 Å². The Kier molecular flexibility index (Phi) is 2.51. The first-order valence-electron chi connectivity index (χ1n) is 5.31. The minimum absolute atomic E-state index is 0.536. The van der Waals surface area contributed by atoms with Crippen molar-refractivity contribution in [1.82, 2.24) is 4.98 Å². The van der Waals surface area contributed by atoms with Gasteiger partial charge in [0, 0.05) is 17.8 Å². The van der Waals surface area contributed by atoms with Crippen molar-refractivity contribution >= 4 is 22.7 Å². The third kappa shape index (κ3) is 1.73. The summed E-state index contributed by atoms with van der Waals surface area (Å²) in [5.74, 6) is 0. The van der Waals surface area contributed by atoms with Crippen molar-refractivity contribution in [3.63, 3.8) is 0 Å². The number of furan rings is 1. The molecule has 0 amide bonds. The van der Waals surface area contributed by atoms with Crippen molar-refractivity contribution in [2.24, 2.45) is 0 Å². The van der Waals surface area contributed by atoms with Crippen molar-refractivity contribution in [1.29, 1.82) is 5.26 Å². The summed E-state index contributed by atoms with van der Waals surface area (Å²) < 4.78 is 5.43. The molecular weight excluding hydrogens is 248 g/mol. The number of rotatable bonds is 1. The van der Waals surface area contributed by atoms with E-state index in [1.807, 2.05) is 12.1 Å². The Labute approximate surface area is 108 Å². The van der Waals surface area contributed by atoms with Gasteiger partial charge in [0.2, 0.25) is 0 Å². The first-order chi connectivity index (χ1) is 8.78. The maximum absolute atomic E-state index is 8.90. The molecule has 4 heteroatoms. The monoisotopic (exact) mass is 254 g/mol.